The monoisotopic (exact) mass is 442 g/mol. The van der Waals surface area contributed by atoms with Gasteiger partial charge >= 0.3 is 0 Å². The van der Waals surface area contributed by atoms with Gasteiger partial charge in [0.2, 0.25) is 5.75 Å². The molecule has 1 N–H and O–H groups in total. The van der Waals surface area contributed by atoms with Crippen LogP contribution in [0.3, 0.4) is 0 Å². The van der Waals surface area contributed by atoms with Crippen LogP contribution in [0, 0.1) is 6.92 Å². The lowest BCUT2D eigenvalue weighted by molar-refractivity contribution is 0.106. The lowest BCUT2D eigenvalue weighted by Gasteiger charge is -2.19. The third-order valence-electron chi connectivity index (χ3n) is 5.66. The summed E-state index contributed by atoms with van der Waals surface area (Å²) in [6.45, 7) is 8.27. The van der Waals surface area contributed by atoms with Crippen molar-refractivity contribution < 1.29 is 18.9 Å². The van der Waals surface area contributed by atoms with Gasteiger partial charge in [0.15, 0.2) is 11.5 Å². The topological polar surface area (TPSA) is 78.0 Å². The summed E-state index contributed by atoms with van der Waals surface area (Å²) in [5.41, 5.74) is 1.94. The van der Waals surface area contributed by atoms with E-state index < -0.39 is 0 Å². The molecule has 8 nitrogen and oxygen atoms in total. The Morgan fingerprint density at radius 2 is 1.97 bits per heavy atom. The van der Waals surface area contributed by atoms with Gasteiger partial charge in [-0.1, -0.05) is 0 Å². The number of nitrogens with one attached hydrogen (secondary N) is 1. The van der Waals surface area contributed by atoms with E-state index in [0.717, 1.165) is 35.9 Å². The molecule has 32 heavy (non-hydrogen) atoms. The van der Waals surface area contributed by atoms with Crippen molar-refractivity contribution in [3.05, 3.63) is 35.3 Å². The number of aromatic nitrogens is 2. The number of benzene rings is 1. The predicted octanol–water partition coefficient (Wildman–Crippen LogP) is 3.07. The van der Waals surface area contributed by atoms with Crippen molar-refractivity contribution in [2.24, 2.45) is 0 Å². The van der Waals surface area contributed by atoms with Crippen LogP contribution >= 0.6 is 0 Å². The second-order valence-electron chi connectivity index (χ2n) is 8.25. The molecule has 2 aromatic rings. The van der Waals surface area contributed by atoms with E-state index in [2.05, 4.69) is 20.2 Å². The fourth-order valence-electron chi connectivity index (χ4n) is 4.17. The molecule has 2 aliphatic rings. The van der Waals surface area contributed by atoms with E-state index >= 15 is 0 Å². The minimum Gasteiger partial charge on any atom is -0.490 e. The highest BCUT2D eigenvalue weighted by Gasteiger charge is 2.17. The Hall–Kier alpha value is -2.58. The maximum absolute atomic E-state index is 6.18. The van der Waals surface area contributed by atoms with Gasteiger partial charge in [0.05, 0.1) is 26.9 Å². The summed E-state index contributed by atoms with van der Waals surface area (Å²) in [4.78, 5) is 11.8. The molecule has 2 aliphatic heterocycles. The fourth-order valence-corrected chi connectivity index (χ4v) is 4.17. The van der Waals surface area contributed by atoms with Crippen LogP contribution < -0.4 is 19.5 Å². The van der Waals surface area contributed by atoms with Crippen LogP contribution in [-0.2, 0) is 11.2 Å². The number of nitrogens with zero attached hydrogens (tertiary/aromatic N) is 3. The van der Waals surface area contributed by atoms with Gasteiger partial charge in [-0.15, -0.1) is 0 Å². The van der Waals surface area contributed by atoms with Crippen molar-refractivity contribution in [3.8, 4) is 17.2 Å². The maximum Gasteiger partial charge on any atom is 0.203 e. The zero-order valence-corrected chi connectivity index (χ0v) is 19.2. The molecule has 1 aromatic carbocycles. The highest BCUT2D eigenvalue weighted by molar-refractivity contribution is 5.54. The van der Waals surface area contributed by atoms with Gasteiger partial charge in [-0.3, -0.25) is 0 Å². The van der Waals surface area contributed by atoms with Gasteiger partial charge in [-0.05, 0) is 57.0 Å². The summed E-state index contributed by atoms with van der Waals surface area (Å²) in [6, 6.07) is 5.95. The number of fused-ring (bicyclic) bond motifs is 4. The van der Waals surface area contributed by atoms with Gasteiger partial charge in [-0.2, -0.15) is 0 Å². The van der Waals surface area contributed by atoms with Gasteiger partial charge < -0.3 is 29.2 Å². The predicted molar refractivity (Wildman–Crippen MR) is 123 cm³/mol. The minimum absolute atomic E-state index is 0.440. The Kier molecular flexibility index (Phi) is 8.01. The second kappa shape index (κ2) is 11.3. The number of rotatable bonds is 6. The lowest BCUT2D eigenvalue weighted by Crippen LogP contribution is -2.22. The number of anilines is 1. The summed E-state index contributed by atoms with van der Waals surface area (Å²) in [5.74, 6) is 3.54. The smallest absolute Gasteiger partial charge is 0.203 e. The van der Waals surface area contributed by atoms with Crippen molar-refractivity contribution in [2.75, 3.05) is 65.0 Å². The molecule has 0 unspecified atom stereocenters. The molecule has 1 fully saturated rings. The highest BCUT2D eigenvalue weighted by Crippen LogP contribution is 2.39. The van der Waals surface area contributed by atoms with Crippen molar-refractivity contribution in [3.63, 3.8) is 0 Å². The van der Waals surface area contributed by atoms with Crippen LogP contribution in [0.5, 0.6) is 17.2 Å². The SMILES string of the molecule is COc1c(OCCCN2CCCC2)cc2cc1OCCOCCNc1cc(C)nc(n1)C2. The molecule has 8 heteroatoms. The molecule has 0 radical (unpaired) electrons. The highest BCUT2D eigenvalue weighted by atomic mass is 16.5. The number of hydrogen-bond acceptors (Lipinski definition) is 8. The third-order valence-corrected chi connectivity index (χ3v) is 5.66. The van der Waals surface area contributed by atoms with Crippen LogP contribution in [0.4, 0.5) is 5.82 Å². The Morgan fingerprint density at radius 3 is 2.81 bits per heavy atom. The number of methoxy groups -OCH3 is 1. The Morgan fingerprint density at radius 1 is 1.09 bits per heavy atom. The average Bonchev–Trinajstić information content (AvgIpc) is 3.29. The van der Waals surface area contributed by atoms with Crippen molar-refractivity contribution in [1.29, 1.82) is 0 Å². The average molecular weight is 443 g/mol. The van der Waals surface area contributed by atoms with E-state index in [1.807, 2.05) is 25.1 Å². The molecule has 1 saturated heterocycles. The Bertz CT molecular complexity index is 887. The number of hydrogen-bond donors (Lipinski definition) is 1. The molecule has 0 atom stereocenters. The molecule has 0 amide bonds. The molecule has 4 rings (SSSR count). The molecular weight excluding hydrogens is 408 g/mol. The first kappa shape index (κ1) is 22.6. The van der Waals surface area contributed by atoms with E-state index in [4.69, 9.17) is 18.9 Å². The minimum atomic E-state index is 0.440. The number of ether oxygens (including phenoxy) is 4. The van der Waals surface area contributed by atoms with Crippen LogP contribution in [0.15, 0.2) is 18.2 Å². The van der Waals surface area contributed by atoms with Crippen LogP contribution in [-0.4, -0.2) is 74.6 Å². The maximum atomic E-state index is 6.18. The van der Waals surface area contributed by atoms with Crippen molar-refractivity contribution in [1.82, 2.24) is 14.9 Å². The van der Waals surface area contributed by atoms with Gasteiger partial charge in [-0.25, -0.2) is 9.97 Å². The third kappa shape index (κ3) is 6.23. The first-order valence-corrected chi connectivity index (χ1v) is 11.6. The molecule has 0 saturated carbocycles. The Balaban J connectivity index is 1.54. The van der Waals surface area contributed by atoms with Gasteiger partial charge in [0.1, 0.15) is 18.2 Å². The molecule has 174 valence electrons. The van der Waals surface area contributed by atoms with Crippen LogP contribution in [0.1, 0.15) is 36.3 Å². The largest absolute Gasteiger partial charge is 0.490 e. The van der Waals surface area contributed by atoms with E-state index in [9.17, 15) is 0 Å². The van der Waals surface area contributed by atoms with Crippen molar-refractivity contribution >= 4 is 5.82 Å². The van der Waals surface area contributed by atoms with E-state index in [0.29, 0.717) is 56.6 Å². The summed E-state index contributed by atoms with van der Waals surface area (Å²) in [7, 11) is 1.65. The standard InChI is InChI=1S/C24H34N4O4/c1-18-14-22-25-6-11-30-12-13-32-21-16-19(17-23(26-18)27-22)15-20(24(21)29-2)31-10-5-9-28-7-3-4-8-28/h14-16H,3-13,17H2,1-2H3,(H,25,26,27). The van der Waals surface area contributed by atoms with E-state index in [1.165, 1.54) is 25.9 Å². The normalized spacial score (nSPS) is 17.2. The summed E-state index contributed by atoms with van der Waals surface area (Å²) in [6.07, 6.45) is 4.17. The molecule has 0 spiro atoms. The van der Waals surface area contributed by atoms with E-state index in [-0.39, 0.29) is 0 Å². The number of aryl methyl sites for hydroxylation is 1. The van der Waals surface area contributed by atoms with Gasteiger partial charge in [0.25, 0.3) is 0 Å². The lowest BCUT2D eigenvalue weighted by atomic mass is 10.1. The molecular formula is C24H34N4O4. The first-order valence-electron chi connectivity index (χ1n) is 11.6. The zero-order chi connectivity index (χ0) is 22.2. The molecule has 4 bridgehead atoms. The fraction of sp³-hybridized carbons (Fsp3) is 0.583. The molecule has 0 aliphatic carbocycles. The number of likely N-dealkylation sites (tertiary alicyclic amines) is 1. The molecule has 3 heterocycles. The zero-order valence-electron chi connectivity index (χ0n) is 19.2. The first-order chi connectivity index (χ1) is 15.7. The second-order valence-corrected chi connectivity index (χ2v) is 8.25. The summed E-state index contributed by atoms with van der Waals surface area (Å²) >= 11 is 0. The van der Waals surface area contributed by atoms with Crippen molar-refractivity contribution in [2.45, 2.75) is 32.6 Å². The summed E-state index contributed by atoms with van der Waals surface area (Å²) < 4.78 is 23.6. The summed E-state index contributed by atoms with van der Waals surface area (Å²) in [5, 5.41) is 3.31. The van der Waals surface area contributed by atoms with Crippen LogP contribution in [0.2, 0.25) is 0 Å². The molecule has 1 aromatic heterocycles. The quantitative estimate of drug-likeness (QED) is 0.684. The van der Waals surface area contributed by atoms with Gasteiger partial charge in [0, 0.05) is 31.3 Å². The van der Waals surface area contributed by atoms with Crippen LogP contribution in [0.25, 0.3) is 0 Å². The van der Waals surface area contributed by atoms with E-state index in [1.54, 1.807) is 7.11 Å². The Labute approximate surface area is 190 Å².